The molecule has 1 amide bonds. The van der Waals surface area contributed by atoms with Crippen LogP contribution in [0.1, 0.15) is 55.2 Å². The van der Waals surface area contributed by atoms with Gasteiger partial charge in [-0.1, -0.05) is 12.1 Å². The van der Waals surface area contributed by atoms with Crippen molar-refractivity contribution in [3.8, 4) is 5.75 Å². The van der Waals surface area contributed by atoms with Gasteiger partial charge in [0, 0.05) is 4.88 Å². The second-order valence-corrected chi connectivity index (χ2v) is 8.21. The van der Waals surface area contributed by atoms with Gasteiger partial charge in [0.15, 0.2) is 5.76 Å². The summed E-state index contributed by atoms with van der Waals surface area (Å²) < 4.78 is 16.6. The number of thiophene rings is 1. The van der Waals surface area contributed by atoms with E-state index in [4.69, 9.17) is 13.9 Å². The fraction of sp³-hybridized carbons (Fsp3) is 0.304. The van der Waals surface area contributed by atoms with Crippen molar-refractivity contribution in [2.75, 3.05) is 11.9 Å². The summed E-state index contributed by atoms with van der Waals surface area (Å²) in [6.07, 6.45) is 0. The van der Waals surface area contributed by atoms with E-state index in [1.54, 1.807) is 19.1 Å². The highest BCUT2D eigenvalue weighted by molar-refractivity contribution is 7.16. The Labute approximate surface area is 179 Å². The predicted molar refractivity (Wildman–Crippen MR) is 117 cm³/mol. The van der Waals surface area contributed by atoms with E-state index in [0.29, 0.717) is 16.3 Å². The Morgan fingerprint density at radius 1 is 1.10 bits per heavy atom. The summed E-state index contributed by atoms with van der Waals surface area (Å²) in [6, 6.07) is 9.28. The third-order valence-electron chi connectivity index (χ3n) is 4.69. The van der Waals surface area contributed by atoms with Gasteiger partial charge in [-0.25, -0.2) is 4.79 Å². The molecular weight excluding hydrogens is 402 g/mol. The quantitative estimate of drug-likeness (QED) is 0.498. The maximum Gasteiger partial charge on any atom is 0.341 e. The van der Waals surface area contributed by atoms with Crippen molar-refractivity contribution >= 4 is 28.2 Å². The normalized spacial score (nSPS) is 10.7. The van der Waals surface area contributed by atoms with E-state index < -0.39 is 11.9 Å². The monoisotopic (exact) mass is 427 g/mol. The minimum Gasteiger partial charge on any atom is -0.485 e. The minimum atomic E-state index is -0.447. The lowest BCUT2D eigenvalue weighted by molar-refractivity contribution is 0.0527. The summed E-state index contributed by atoms with van der Waals surface area (Å²) in [5, 5.41) is 3.23. The van der Waals surface area contributed by atoms with Gasteiger partial charge in [-0.15, -0.1) is 11.3 Å². The molecule has 2 aromatic heterocycles. The fourth-order valence-corrected chi connectivity index (χ4v) is 3.96. The summed E-state index contributed by atoms with van der Waals surface area (Å²) in [4.78, 5) is 25.9. The SMILES string of the molecule is CCOC(=O)c1c(NC(=O)c2ccc(COc3cc(C)ccc3C)o2)sc(C)c1C. The average molecular weight is 428 g/mol. The average Bonchev–Trinajstić information content (AvgIpc) is 3.28. The molecule has 2 heterocycles. The minimum absolute atomic E-state index is 0.146. The molecule has 0 saturated heterocycles. The van der Waals surface area contributed by atoms with Gasteiger partial charge >= 0.3 is 5.97 Å². The highest BCUT2D eigenvalue weighted by Crippen LogP contribution is 2.33. The summed E-state index contributed by atoms with van der Waals surface area (Å²) in [7, 11) is 0. The zero-order valence-corrected chi connectivity index (χ0v) is 18.6. The largest absolute Gasteiger partial charge is 0.485 e. The zero-order chi connectivity index (χ0) is 21.8. The molecule has 158 valence electrons. The molecule has 0 fully saturated rings. The Balaban J connectivity index is 1.71. The van der Waals surface area contributed by atoms with Crippen molar-refractivity contribution in [2.45, 2.75) is 41.2 Å². The lowest BCUT2D eigenvalue weighted by atomic mass is 10.1. The zero-order valence-electron chi connectivity index (χ0n) is 17.8. The van der Waals surface area contributed by atoms with Crippen LogP contribution in [0.5, 0.6) is 5.75 Å². The maximum atomic E-state index is 12.7. The highest BCUT2D eigenvalue weighted by atomic mass is 32.1. The van der Waals surface area contributed by atoms with Crippen LogP contribution < -0.4 is 10.1 Å². The van der Waals surface area contributed by atoms with Crippen LogP contribution >= 0.6 is 11.3 Å². The molecule has 0 aliphatic heterocycles. The Morgan fingerprint density at radius 2 is 1.87 bits per heavy atom. The number of anilines is 1. The van der Waals surface area contributed by atoms with Crippen molar-refractivity contribution in [2.24, 2.45) is 0 Å². The van der Waals surface area contributed by atoms with E-state index in [1.165, 1.54) is 11.3 Å². The number of esters is 1. The molecule has 0 bridgehead atoms. The molecule has 0 atom stereocenters. The van der Waals surface area contributed by atoms with Gasteiger partial charge in [-0.2, -0.15) is 0 Å². The highest BCUT2D eigenvalue weighted by Gasteiger charge is 2.23. The number of hydrogen-bond donors (Lipinski definition) is 1. The molecule has 0 aliphatic carbocycles. The summed E-state index contributed by atoms with van der Waals surface area (Å²) in [5.41, 5.74) is 3.32. The number of nitrogens with one attached hydrogen (secondary N) is 1. The topological polar surface area (TPSA) is 77.8 Å². The molecule has 0 spiro atoms. The first kappa shape index (κ1) is 21.6. The molecule has 0 unspecified atom stereocenters. The third kappa shape index (κ3) is 4.74. The number of hydrogen-bond acceptors (Lipinski definition) is 6. The number of benzene rings is 1. The standard InChI is InChI=1S/C23H25NO5S/c1-6-27-23(26)20-15(4)16(5)30-22(20)24-21(25)18-10-9-17(29-18)12-28-19-11-13(2)7-8-14(19)3/h7-11H,6,12H2,1-5H3,(H,24,25). The van der Waals surface area contributed by atoms with Gasteiger partial charge in [-0.05, 0) is 69.5 Å². The van der Waals surface area contributed by atoms with Crippen LogP contribution in [0.3, 0.4) is 0 Å². The number of amides is 1. The van der Waals surface area contributed by atoms with Crippen LogP contribution in [-0.2, 0) is 11.3 Å². The molecule has 0 saturated carbocycles. The van der Waals surface area contributed by atoms with E-state index in [2.05, 4.69) is 5.32 Å². The fourth-order valence-electron chi connectivity index (χ4n) is 2.92. The van der Waals surface area contributed by atoms with Crippen molar-refractivity contribution in [1.82, 2.24) is 0 Å². The Bertz CT molecular complexity index is 1080. The van der Waals surface area contributed by atoms with Crippen LogP contribution in [-0.4, -0.2) is 18.5 Å². The summed E-state index contributed by atoms with van der Waals surface area (Å²) in [5.74, 6) is 0.579. The lowest BCUT2D eigenvalue weighted by Gasteiger charge is -2.08. The number of rotatable bonds is 7. The molecule has 30 heavy (non-hydrogen) atoms. The first-order valence-corrected chi connectivity index (χ1v) is 10.5. The van der Waals surface area contributed by atoms with E-state index >= 15 is 0 Å². The Morgan fingerprint density at radius 3 is 2.60 bits per heavy atom. The molecule has 1 N–H and O–H groups in total. The smallest absolute Gasteiger partial charge is 0.341 e. The third-order valence-corrected chi connectivity index (χ3v) is 5.81. The van der Waals surface area contributed by atoms with E-state index in [-0.39, 0.29) is 19.0 Å². The second-order valence-electron chi connectivity index (χ2n) is 6.99. The molecule has 3 aromatic rings. The van der Waals surface area contributed by atoms with Gasteiger partial charge in [0.05, 0.1) is 12.2 Å². The van der Waals surface area contributed by atoms with Crippen molar-refractivity contribution in [3.63, 3.8) is 0 Å². The maximum absolute atomic E-state index is 12.7. The Hall–Kier alpha value is -3.06. The molecule has 6 nitrogen and oxygen atoms in total. The van der Waals surface area contributed by atoms with E-state index in [9.17, 15) is 9.59 Å². The van der Waals surface area contributed by atoms with Gasteiger partial charge in [0.1, 0.15) is 23.1 Å². The second kappa shape index (κ2) is 9.17. The molecule has 3 rings (SSSR count). The van der Waals surface area contributed by atoms with Gasteiger partial charge in [-0.3, -0.25) is 4.79 Å². The number of ether oxygens (including phenoxy) is 2. The van der Waals surface area contributed by atoms with Gasteiger partial charge in [0.25, 0.3) is 5.91 Å². The number of carbonyl (C=O) groups excluding carboxylic acids is 2. The van der Waals surface area contributed by atoms with Crippen molar-refractivity contribution < 1.29 is 23.5 Å². The molecule has 1 aromatic carbocycles. The van der Waals surface area contributed by atoms with Gasteiger partial charge in [0.2, 0.25) is 0 Å². The van der Waals surface area contributed by atoms with E-state index in [1.807, 2.05) is 45.9 Å². The summed E-state index contributed by atoms with van der Waals surface area (Å²) >= 11 is 1.34. The number of furan rings is 1. The van der Waals surface area contributed by atoms with Crippen molar-refractivity contribution in [3.05, 3.63) is 69.0 Å². The molecular formula is C23H25NO5S. The van der Waals surface area contributed by atoms with Gasteiger partial charge < -0.3 is 19.2 Å². The number of aryl methyl sites for hydroxylation is 3. The Kier molecular flexibility index (Phi) is 6.62. The molecule has 0 aliphatic rings. The lowest BCUT2D eigenvalue weighted by Crippen LogP contribution is -2.14. The summed E-state index contributed by atoms with van der Waals surface area (Å²) in [6.45, 7) is 9.93. The van der Waals surface area contributed by atoms with Crippen molar-refractivity contribution in [1.29, 1.82) is 0 Å². The van der Waals surface area contributed by atoms with Crippen LogP contribution in [0, 0.1) is 27.7 Å². The van der Waals surface area contributed by atoms with Crippen LogP contribution in [0.15, 0.2) is 34.7 Å². The first-order valence-electron chi connectivity index (χ1n) is 9.67. The van der Waals surface area contributed by atoms with Crippen LogP contribution in [0.2, 0.25) is 0 Å². The van der Waals surface area contributed by atoms with Crippen LogP contribution in [0.25, 0.3) is 0 Å². The molecule has 0 radical (unpaired) electrons. The van der Waals surface area contributed by atoms with Crippen LogP contribution in [0.4, 0.5) is 5.00 Å². The van der Waals surface area contributed by atoms with E-state index in [0.717, 1.165) is 27.3 Å². The first-order chi connectivity index (χ1) is 14.3. The predicted octanol–water partition coefficient (Wildman–Crippen LogP) is 5.58. The molecule has 7 heteroatoms. The number of carbonyl (C=O) groups is 2.